The fraction of sp³-hybridized carbons (Fsp3) is 0.240. The van der Waals surface area contributed by atoms with Crippen LogP contribution in [0, 0.1) is 19.7 Å². The summed E-state index contributed by atoms with van der Waals surface area (Å²) in [6.07, 6.45) is 3.90. The van der Waals surface area contributed by atoms with Crippen molar-refractivity contribution in [3.8, 4) is 11.1 Å². The number of hydrogen-bond donors (Lipinski definition) is 1. The number of carbonyl (C=O) groups is 1. The Labute approximate surface area is 185 Å². The van der Waals surface area contributed by atoms with Crippen LogP contribution in [0.4, 0.5) is 15.9 Å². The Hall–Kier alpha value is -3.74. The minimum atomic E-state index is -0.416. The molecule has 1 saturated heterocycles. The molecule has 3 heterocycles. The number of rotatable bonds is 3. The van der Waals surface area contributed by atoms with E-state index in [-0.39, 0.29) is 11.8 Å². The van der Waals surface area contributed by atoms with Crippen LogP contribution in [0.25, 0.3) is 22.2 Å². The lowest BCUT2D eigenvalue weighted by Gasteiger charge is -2.18. The van der Waals surface area contributed by atoms with Crippen molar-refractivity contribution in [2.75, 3.05) is 17.2 Å². The lowest BCUT2D eigenvalue weighted by atomic mass is 9.94. The van der Waals surface area contributed by atoms with Gasteiger partial charge in [0.1, 0.15) is 23.6 Å². The lowest BCUT2D eigenvalue weighted by molar-refractivity contribution is -0.118. The molecule has 0 spiro atoms. The maximum Gasteiger partial charge on any atom is 0.234 e. The van der Waals surface area contributed by atoms with E-state index in [1.54, 1.807) is 27.8 Å². The molecule has 7 heteroatoms. The van der Waals surface area contributed by atoms with Gasteiger partial charge in [0.2, 0.25) is 5.91 Å². The molecule has 1 atom stereocenters. The second kappa shape index (κ2) is 7.44. The van der Waals surface area contributed by atoms with E-state index in [0.29, 0.717) is 46.6 Å². The van der Waals surface area contributed by atoms with Crippen LogP contribution in [-0.4, -0.2) is 27.0 Å². The first kappa shape index (κ1) is 20.2. The summed E-state index contributed by atoms with van der Waals surface area (Å²) >= 11 is 0. The molecule has 0 saturated carbocycles. The Balaban J connectivity index is 1.49. The second-order valence-electron chi connectivity index (χ2n) is 8.53. The number of anilines is 2. The number of nitrogens with zero attached hydrogens (tertiary/aromatic N) is 4. The Morgan fingerprint density at radius 2 is 1.81 bits per heavy atom. The van der Waals surface area contributed by atoms with Gasteiger partial charge in [0.25, 0.3) is 0 Å². The van der Waals surface area contributed by atoms with Gasteiger partial charge in [-0.2, -0.15) is 0 Å². The number of carbonyl (C=O) groups excluding carboxylic acids is 1. The molecule has 0 radical (unpaired) electrons. The fourth-order valence-corrected chi connectivity index (χ4v) is 4.79. The van der Waals surface area contributed by atoms with E-state index >= 15 is 4.39 Å². The van der Waals surface area contributed by atoms with Gasteiger partial charge in [0.05, 0.1) is 11.3 Å². The van der Waals surface area contributed by atoms with E-state index in [2.05, 4.69) is 28.2 Å². The molecular formula is C25H24FN5O. The molecule has 2 aromatic heterocycles. The summed E-state index contributed by atoms with van der Waals surface area (Å²) in [5, 5.41) is 0.619. The monoisotopic (exact) mass is 429 g/mol. The van der Waals surface area contributed by atoms with Gasteiger partial charge in [-0.05, 0) is 44.0 Å². The smallest absolute Gasteiger partial charge is 0.234 e. The van der Waals surface area contributed by atoms with Gasteiger partial charge in [-0.3, -0.25) is 4.79 Å². The quantitative estimate of drug-likeness (QED) is 0.520. The minimum absolute atomic E-state index is 0.00459. The third-order valence-electron chi connectivity index (χ3n) is 6.19. The maximum absolute atomic E-state index is 15.3. The predicted octanol–water partition coefficient (Wildman–Crippen LogP) is 4.49. The van der Waals surface area contributed by atoms with Gasteiger partial charge in [0, 0.05) is 36.6 Å². The Kier molecular flexibility index (Phi) is 4.69. The van der Waals surface area contributed by atoms with E-state index in [1.807, 2.05) is 20.9 Å². The summed E-state index contributed by atoms with van der Waals surface area (Å²) in [5.41, 5.74) is 11.6. The molecular weight excluding hydrogens is 405 g/mol. The standard InChI is InChI=1S/C25H24FN5O/c1-14-8-15(2)10-16(9-14)18-6-7-31(25(18)32)17-4-5-19(21(26)11-17)20-12-30(3)24-22(20)23(27)28-13-29-24/h4-5,8-13,18H,6-7H2,1-3H3,(H2,27,28,29). The van der Waals surface area contributed by atoms with Crippen molar-refractivity contribution in [3.05, 3.63) is 71.4 Å². The number of aromatic nitrogens is 3. The third-order valence-corrected chi connectivity index (χ3v) is 6.19. The molecule has 4 aromatic rings. The summed E-state index contributed by atoms with van der Waals surface area (Å²) in [6.45, 7) is 4.63. The fourth-order valence-electron chi connectivity index (χ4n) is 4.79. The number of nitrogen functional groups attached to an aromatic ring is 1. The normalized spacial score (nSPS) is 16.3. The Morgan fingerprint density at radius 1 is 1.06 bits per heavy atom. The van der Waals surface area contributed by atoms with Crippen LogP contribution in [0.2, 0.25) is 0 Å². The van der Waals surface area contributed by atoms with E-state index < -0.39 is 5.82 Å². The van der Waals surface area contributed by atoms with E-state index in [9.17, 15) is 4.79 Å². The van der Waals surface area contributed by atoms with Gasteiger partial charge in [-0.1, -0.05) is 29.3 Å². The number of nitrogens with two attached hydrogens (primary N) is 1. The van der Waals surface area contributed by atoms with Crippen LogP contribution in [0.1, 0.15) is 29.0 Å². The molecule has 5 rings (SSSR count). The summed E-state index contributed by atoms with van der Waals surface area (Å²) in [4.78, 5) is 23.2. The van der Waals surface area contributed by atoms with Crippen LogP contribution in [0.3, 0.4) is 0 Å². The summed E-state index contributed by atoms with van der Waals surface area (Å²) in [7, 11) is 1.83. The number of fused-ring (bicyclic) bond motifs is 1. The summed E-state index contributed by atoms with van der Waals surface area (Å²) in [5.74, 6) is -0.308. The average molecular weight is 429 g/mol. The molecule has 1 amide bonds. The average Bonchev–Trinajstić information content (AvgIpc) is 3.28. The largest absolute Gasteiger partial charge is 0.383 e. The number of hydrogen-bond acceptors (Lipinski definition) is 4. The Bertz CT molecular complexity index is 1360. The molecule has 1 aliphatic heterocycles. The van der Waals surface area contributed by atoms with Crippen LogP contribution in [-0.2, 0) is 11.8 Å². The first-order valence-corrected chi connectivity index (χ1v) is 10.6. The highest BCUT2D eigenvalue weighted by Gasteiger charge is 2.34. The highest BCUT2D eigenvalue weighted by Crippen LogP contribution is 2.37. The van der Waals surface area contributed by atoms with Crippen molar-refractivity contribution in [1.82, 2.24) is 14.5 Å². The van der Waals surface area contributed by atoms with E-state index in [4.69, 9.17) is 5.73 Å². The number of amides is 1. The highest BCUT2D eigenvalue weighted by molar-refractivity contribution is 6.02. The molecule has 162 valence electrons. The zero-order valence-corrected chi connectivity index (χ0v) is 18.3. The number of benzene rings is 2. The number of aryl methyl sites for hydroxylation is 3. The molecule has 1 unspecified atom stereocenters. The lowest BCUT2D eigenvalue weighted by Crippen LogP contribution is -2.26. The SMILES string of the molecule is Cc1cc(C)cc(C2CCN(c3ccc(-c4cn(C)c5ncnc(N)c45)c(F)c3)C2=O)c1. The van der Waals surface area contributed by atoms with E-state index in [1.165, 1.54) is 12.4 Å². The van der Waals surface area contributed by atoms with Gasteiger partial charge >= 0.3 is 0 Å². The van der Waals surface area contributed by atoms with Crippen LogP contribution < -0.4 is 10.6 Å². The van der Waals surface area contributed by atoms with Crippen LogP contribution >= 0.6 is 0 Å². The summed E-state index contributed by atoms with van der Waals surface area (Å²) < 4.78 is 17.1. The molecule has 6 nitrogen and oxygen atoms in total. The molecule has 1 aliphatic rings. The molecule has 0 bridgehead atoms. The van der Waals surface area contributed by atoms with Gasteiger partial charge in [-0.15, -0.1) is 0 Å². The predicted molar refractivity (Wildman–Crippen MR) is 124 cm³/mol. The first-order chi connectivity index (χ1) is 15.3. The molecule has 2 N–H and O–H groups in total. The Morgan fingerprint density at radius 3 is 2.53 bits per heavy atom. The minimum Gasteiger partial charge on any atom is -0.383 e. The number of halogens is 1. The van der Waals surface area contributed by atoms with Gasteiger partial charge < -0.3 is 15.2 Å². The topological polar surface area (TPSA) is 77.0 Å². The van der Waals surface area contributed by atoms with Crippen LogP contribution in [0.5, 0.6) is 0 Å². The zero-order chi connectivity index (χ0) is 22.6. The second-order valence-corrected chi connectivity index (χ2v) is 8.53. The van der Waals surface area contributed by atoms with Gasteiger partial charge in [-0.25, -0.2) is 14.4 Å². The summed E-state index contributed by atoms with van der Waals surface area (Å²) in [6, 6.07) is 11.1. The van der Waals surface area contributed by atoms with Crippen molar-refractivity contribution in [3.63, 3.8) is 0 Å². The highest BCUT2D eigenvalue weighted by atomic mass is 19.1. The van der Waals surface area contributed by atoms with Crippen molar-refractivity contribution < 1.29 is 9.18 Å². The zero-order valence-electron chi connectivity index (χ0n) is 18.3. The molecule has 1 fully saturated rings. The molecule has 32 heavy (non-hydrogen) atoms. The van der Waals surface area contributed by atoms with Crippen LogP contribution in [0.15, 0.2) is 48.9 Å². The van der Waals surface area contributed by atoms with E-state index in [0.717, 1.165) is 16.7 Å². The molecule has 2 aromatic carbocycles. The maximum atomic E-state index is 15.3. The van der Waals surface area contributed by atoms with Crippen molar-refractivity contribution >= 4 is 28.4 Å². The molecule has 0 aliphatic carbocycles. The van der Waals surface area contributed by atoms with Crippen molar-refractivity contribution in [2.24, 2.45) is 7.05 Å². The van der Waals surface area contributed by atoms with Gasteiger partial charge in [0.15, 0.2) is 0 Å². The third kappa shape index (κ3) is 3.21. The van der Waals surface area contributed by atoms with Crippen molar-refractivity contribution in [1.29, 1.82) is 0 Å². The first-order valence-electron chi connectivity index (χ1n) is 10.6. The van der Waals surface area contributed by atoms with Crippen molar-refractivity contribution in [2.45, 2.75) is 26.2 Å².